The third kappa shape index (κ3) is 2.73. The third-order valence-corrected chi connectivity index (χ3v) is 3.62. The molecular formula is C18H18N2O. The summed E-state index contributed by atoms with van der Waals surface area (Å²) in [6, 6.07) is 16.5. The fourth-order valence-electron chi connectivity index (χ4n) is 2.34. The van der Waals surface area contributed by atoms with Gasteiger partial charge in [0.2, 0.25) is 0 Å². The summed E-state index contributed by atoms with van der Waals surface area (Å²) in [5.41, 5.74) is 4.01. The van der Waals surface area contributed by atoms with Crippen LogP contribution in [-0.2, 0) is 6.54 Å². The van der Waals surface area contributed by atoms with Crippen molar-refractivity contribution < 1.29 is 4.52 Å². The molecule has 0 saturated heterocycles. The van der Waals surface area contributed by atoms with Gasteiger partial charge in [-0.1, -0.05) is 47.6 Å². The molecule has 1 N–H and O–H groups in total. The van der Waals surface area contributed by atoms with Crippen LogP contribution in [-0.4, -0.2) is 11.2 Å². The minimum atomic E-state index is 0.270. The van der Waals surface area contributed by atoms with Gasteiger partial charge in [-0.15, -0.1) is 6.58 Å². The zero-order valence-corrected chi connectivity index (χ0v) is 12.0. The largest absolute Gasteiger partial charge is 0.356 e. The summed E-state index contributed by atoms with van der Waals surface area (Å²) in [6.07, 6.45) is 1.90. The van der Waals surface area contributed by atoms with Crippen LogP contribution in [0.5, 0.6) is 0 Å². The number of hydrogen-bond donors (Lipinski definition) is 1. The summed E-state index contributed by atoms with van der Waals surface area (Å²) in [5.74, 6) is 0. The van der Waals surface area contributed by atoms with Crippen molar-refractivity contribution in [3.63, 3.8) is 0 Å². The van der Waals surface area contributed by atoms with Crippen LogP contribution in [0.15, 0.2) is 65.7 Å². The Labute approximate surface area is 124 Å². The lowest BCUT2D eigenvalue weighted by molar-refractivity contribution is 0.459. The van der Waals surface area contributed by atoms with E-state index in [4.69, 9.17) is 4.52 Å². The Morgan fingerprint density at radius 1 is 1.19 bits per heavy atom. The number of benzene rings is 2. The molecule has 0 amide bonds. The maximum Gasteiger partial charge on any atom is 0.167 e. The van der Waals surface area contributed by atoms with E-state index in [-0.39, 0.29) is 6.04 Å². The highest BCUT2D eigenvalue weighted by Crippen LogP contribution is 2.30. The van der Waals surface area contributed by atoms with E-state index in [2.05, 4.69) is 36.1 Å². The van der Waals surface area contributed by atoms with Gasteiger partial charge in [0.15, 0.2) is 5.58 Å². The topological polar surface area (TPSA) is 38.1 Å². The monoisotopic (exact) mass is 278 g/mol. The van der Waals surface area contributed by atoms with E-state index in [1.807, 2.05) is 42.5 Å². The zero-order chi connectivity index (χ0) is 14.7. The van der Waals surface area contributed by atoms with E-state index in [1.165, 1.54) is 5.56 Å². The molecule has 1 unspecified atom stereocenters. The van der Waals surface area contributed by atoms with Crippen molar-refractivity contribution in [1.29, 1.82) is 0 Å². The molecule has 106 valence electrons. The highest BCUT2D eigenvalue weighted by Gasteiger charge is 2.13. The fraction of sp³-hybridized carbons (Fsp3) is 0.167. The normalized spacial score (nSPS) is 12.4. The van der Waals surface area contributed by atoms with Crippen LogP contribution in [0.25, 0.3) is 22.2 Å². The average molecular weight is 278 g/mol. The summed E-state index contributed by atoms with van der Waals surface area (Å²) in [5, 5.41) is 8.72. The smallest absolute Gasteiger partial charge is 0.167 e. The molecule has 0 bridgehead atoms. The molecule has 0 aliphatic carbocycles. The molecule has 0 radical (unpaired) electrons. The second kappa shape index (κ2) is 5.94. The molecule has 0 saturated carbocycles. The Morgan fingerprint density at radius 3 is 2.81 bits per heavy atom. The Kier molecular flexibility index (Phi) is 3.84. The van der Waals surface area contributed by atoms with Crippen molar-refractivity contribution in [2.45, 2.75) is 19.5 Å². The van der Waals surface area contributed by atoms with Crippen LogP contribution < -0.4 is 5.32 Å². The summed E-state index contributed by atoms with van der Waals surface area (Å²) >= 11 is 0. The molecule has 21 heavy (non-hydrogen) atoms. The minimum absolute atomic E-state index is 0.270. The molecular weight excluding hydrogens is 260 g/mol. The van der Waals surface area contributed by atoms with Gasteiger partial charge in [-0.2, -0.15) is 0 Å². The Bertz CT molecular complexity index is 761. The quantitative estimate of drug-likeness (QED) is 0.712. The number of nitrogens with one attached hydrogen (secondary N) is 1. The Balaban J connectivity index is 2.00. The van der Waals surface area contributed by atoms with E-state index in [0.29, 0.717) is 0 Å². The molecule has 2 aromatic carbocycles. The van der Waals surface area contributed by atoms with Crippen molar-refractivity contribution >= 4 is 11.0 Å². The highest BCUT2D eigenvalue weighted by molar-refractivity contribution is 5.92. The summed E-state index contributed by atoms with van der Waals surface area (Å²) in [6.45, 7) is 6.65. The Hall–Kier alpha value is -2.39. The van der Waals surface area contributed by atoms with Crippen molar-refractivity contribution in [1.82, 2.24) is 10.5 Å². The third-order valence-electron chi connectivity index (χ3n) is 3.62. The summed E-state index contributed by atoms with van der Waals surface area (Å²) in [4.78, 5) is 0. The van der Waals surface area contributed by atoms with E-state index in [1.54, 1.807) is 0 Å². The lowest BCUT2D eigenvalue weighted by atomic mass is 10.0. The number of rotatable bonds is 5. The van der Waals surface area contributed by atoms with Gasteiger partial charge in [0.1, 0.15) is 5.69 Å². The molecule has 0 fully saturated rings. The second-order valence-corrected chi connectivity index (χ2v) is 5.09. The Morgan fingerprint density at radius 2 is 1.95 bits per heavy atom. The van der Waals surface area contributed by atoms with Gasteiger partial charge in [0, 0.05) is 23.5 Å². The maximum atomic E-state index is 5.42. The van der Waals surface area contributed by atoms with Crippen molar-refractivity contribution in [2.75, 3.05) is 0 Å². The van der Waals surface area contributed by atoms with Crippen LogP contribution in [0.4, 0.5) is 0 Å². The fourth-order valence-corrected chi connectivity index (χ4v) is 2.34. The van der Waals surface area contributed by atoms with Gasteiger partial charge in [-0.05, 0) is 24.6 Å². The second-order valence-electron chi connectivity index (χ2n) is 5.09. The molecule has 0 spiro atoms. The summed E-state index contributed by atoms with van der Waals surface area (Å²) < 4.78 is 5.42. The van der Waals surface area contributed by atoms with Gasteiger partial charge in [0.25, 0.3) is 0 Å². The molecule has 1 aromatic heterocycles. The maximum absolute atomic E-state index is 5.42. The zero-order valence-electron chi connectivity index (χ0n) is 12.0. The first-order chi connectivity index (χ1) is 10.3. The lowest BCUT2D eigenvalue weighted by Crippen LogP contribution is -2.23. The number of nitrogens with zero attached hydrogens (tertiary/aromatic N) is 1. The average Bonchev–Trinajstić information content (AvgIpc) is 2.96. The van der Waals surface area contributed by atoms with E-state index in [0.717, 1.165) is 28.8 Å². The lowest BCUT2D eigenvalue weighted by Gasteiger charge is -2.12. The number of aromatic nitrogens is 1. The van der Waals surface area contributed by atoms with Gasteiger partial charge >= 0.3 is 0 Å². The first-order valence-corrected chi connectivity index (χ1v) is 7.08. The van der Waals surface area contributed by atoms with E-state index < -0.39 is 0 Å². The predicted molar refractivity (Wildman–Crippen MR) is 85.9 cm³/mol. The van der Waals surface area contributed by atoms with E-state index in [9.17, 15) is 0 Å². The van der Waals surface area contributed by atoms with Gasteiger partial charge in [-0.3, -0.25) is 0 Å². The molecule has 3 heteroatoms. The first-order valence-electron chi connectivity index (χ1n) is 7.08. The molecule has 3 rings (SSSR count). The van der Waals surface area contributed by atoms with Crippen molar-refractivity contribution in [2.24, 2.45) is 0 Å². The number of hydrogen-bond acceptors (Lipinski definition) is 3. The van der Waals surface area contributed by atoms with Crippen molar-refractivity contribution in [3.8, 4) is 11.3 Å². The van der Waals surface area contributed by atoms with Gasteiger partial charge in [0.05, 0.1) is 0 Å². The molecule has 0 aliphatic rings. The molecule has 1 heterocycles. The first kappa shape index (κ1) is 13.6. The van der Waals surface area contributed by atoms with Crippen molar-refractivity contribution in [3.05, 3.63) is 66.7 Å². The molecule has 3 aromatic rings. The van der Waals surface area contributed by atoms with Crippen LogP contribution in [0.3, 0.4) is 0 Å². The number of para-hydroxylation sites is 1. The van der Waals surface area contributed by atoms with Crippen LogP contribution in [0.2, 0.25) is 0 Å². The van der Waals surface area contributed by atoms with Gasteiger partial charge < -0.3 is 9.84 Å². The minimum Gasteiger partial charge on any atom is -0.356 e. The van der Waals surface area contributed by atoms with Crippen LogP contribution >= 0.6 is 0 Å². The number of fused-ring (bicyclic) bond motifs is 1. The molecule has 3 nitrogen and oxygen atoms in total. The highest BCUT2D eigenvalue weighted by atomic mass is 16.5. The predicted octanol–water partition coefficient (Wildman–Crippen LogP) is 4.16. The molecule has 1 atom stereocenters. The molecule has 0 aliphatic heterocycles. The van der Waals surface area contributed by atoms with Crippen LogP contribution in [0, 0.1) is 0 Å². The van der Waals surface area contributed by atoms with Crippen LogP contribution in [0.1, 0.15) is 12.5 Å². The standard InChI is InChI=1S/C18H18N2O/c1-3-13(2)19-12-14-8-4-5-9-15(14)18-16-10-6-7-11-17(16)21-20-18/h3-11,13,19H,1,12H2,2H3. The van der Waals surface area contributed by atoms with Gasteiger partial charge in [-0.25, -0.2) is 0 Å². The SMILES string of the molecule is C=CC(C)NCc1ccccc1-c1noc2ccccc12. The summed E-state index contributed by atoms with van der Waals surface area (Å²) in [7, 11) is 0. The van der Waals surface area contributed by atoms with E-state index >= 15 is 0 Å².